The molecule has 2 N–H and O–H groups in total. The molecule has 0 amide bonds. The zero-order valence-electron chi connectivity index (χ0n) is 14.7. The lowest BCUT2D eigenvalue weighted by atomic mass is 10.3. The largest absolute Gasteiger partial charge is 0.370 e. The SMILES string of the molecule is Brc1cnn2c(NCc3cccnc3)cc(NCCCn3cccc3)nc12. The van der Waals surface area contributed by atoms with Gasteiger partial charge in [-0.15, -0.1) is 0 Å². The molecule has 0 aromatic carbocycles. The zero-order chi connectivity index (χ0) is 18.5. The Hall–Kier alpha value is -2.87. The molecule has 4 heterocycles. The summed E-state index contributed by atoms with van der Waals surface area (Å²) in [7, 11) is 0. The van der Waals surface area contributed by atoms with E-state index in [1.807, 2.05) is 36.5 Å². The second-order valence-corrected chi connectivity index (χ2v) is 7.02. The van der Waals surface area contributed by atoms with Crippen LogP contribution in [0, 0.1) is 0 Å². The Kier molecular flexibility index (Phi) is 5.34. The van der Waals surface area contributed by atoms with Crippen LogP contribution in [0.3, 0.4) is 0 Å². The van der Waals surface area contributed by atoms with Gasteiger partial charge in [0.05, 0.1) is 10.7 Å². The van der Waals surface area contributed by atoms with Crippen LogP contribution in [0.15, 0.2) is 65.8 Å². The molecule has 0 unspecified atom stereocenters. The highest BCUT2D eigenvalue weighted by molar-refractivity contribution is 9.10. The van der Waals surface area contributed by atoms with Crippen molar-refractivity contribution in [3.63, 3.8) is 0 Å². The average molecular weight is 426 g/mol. The van der Waals surface area contributed by atoms with Crippen molar-refractivity contribution in [3.8, 4) is 0 Å². The van der Waals surface area contributed by atoms with Crippen molar-refractivity contribution in [3.05, 3.63) is 71.4 Å². The monoisotopic (exact) mass is 425 g/mol. The van der Waals surface area contributed by atoms with Crippen molar-refractivity contribution < 1.29 is 0 Å². The second kappa shape index (κ2) is 8.22. The summed E-state index contributed by atoms with van der Waals surface area (Å²) in [6, 6.07) is 10.0. The van der Waals surface area contributed by atoms with E-state index in [4.69, 9.17) is 0 Å². The maximum atomic E-state index is 4.67. The van der Waals surface area contributed by atoms with E-state index < -0.39 is 0 Å². The van der Waals surface area contributed by atoms with Crippen LogP contribution >= 0.6 is 15.9 Å². The van der Waals surface area contributed by atoms with Crippen LogP contribution in [0.2, 0.25) is 0 Å². The third kappa shape index (κ3) is 4.28. The summed E-state index contributed by atoms with van der Waals surface area (Å²) in [5.41, 5.74) is 1.88. The van der Waals surface area contributed by atoms with Gasteiger partial charge in [-0.05, 0) is 46.1 Å². The molecular formula is C19H20BrN7. The molecule has 27 heavy (non-hydrogen) atoms. The molecule has 0 aliphatic heterocycles. The van der Waals surface area contributed by atoms with Crippen molar-refractivity contribution in [2.24, 2.45) is 0 Å². The Balaban J connectivity index is 1.46. The van der Waals surface area contributed by atoms with Gasteiger partial charge in [0.1, 0.15) is 11.6 Å². The van der Waals surface area contributed by atoms with E-state index in [-0.39, 0.29) is 0 Å². The average Bonchev–Trinajstić information content (AvgIpc) is 3.35. The molecule has 0 fully saturated rings. The quantitative estimate of drug-likeness (QED) is 0.420. The van der Waals surface area contributed by atoms with Gasteiger partial charge in [-0.3, -0.25) is 4.98 Å². The molecule has 0 radical (unpaired) electrons. The van der Waals surface area contributed by atoms with Gasteiger partial charge in [-0.25, -0.2) is 4.98 Å². The first-order chi connectivity index (χ1) is 13.3. The Morgan fingerprint density at radius 3 is 2.78 bits per heavy atom. The third-order valence-electron chi connectivity index (χ3n) is 4.19. The van der Waals surface area contributed by atoms with Crippen molar-refractivity contribution in [2.75, 3.05) is 17.2 Å². The van der Waals surface area contributed by atoms with Crippen LogP contribution in [-0.4, -0.2) is 30.7 Å². The second-order valence-electron chi connectivity index (χ2n) is 6.17. The minimum atomic E-state index is 0.664. The molecule has 0 aliphatic carbocycles. The molecule has 138 valence electrons. The molecule has 7 nitrogen and oxygen atoms in total. The highest BCUT2D eigenvalue weighted by Gasteiger charge is 2.10. The van der Waals surface area contributed by atoms with Crippen LogP contribution < -0.4 is 10.6 Å². The van der Waals surface area contributed by atoms with Gasteiger partial charge in [0.2, 0.25) is 0 Å². The van der Waals surface area contributed by atoms with Crippen LogP contribution in [-0.2, 0) is 13.1 Å². The number of fused-ring (bicyclic) bond motifs is 1. The van der Waals surface area contributed by atoms with E-state index in [1.54, 1.807) is 16.9 Å². The smallest absolute Gasteiger partial charge is 0.173 e. The minimum absolute atomic E-state index is 0.664. The predicted molar refractivity (Wildman–Crippen MR) is 110 cm³/mol. The molecule has 4 aromatic rings. The number of pyridine rings is 1. The topological polar surface area (TPSA) is 72.1 Å². The zero-order valence-corrected chi connectivity index (χ0v) is 16.3. The summed E-state index contributed by atoms with van der Waals surface area (Å²) in [6.45, 7) is 2.48. The van der Waals surface area contributed by atoms with Crippen LogP contribution in [0.5, 0.6) is 0 Å². The van der Waals surface area contributed by atoms with Crippen LogP contribution in [0.1, 0.15) is 12.0 Å². The summed E-state index contributed by atoms with van der Waals surface area (Å²) >= 11 is 3.52. The molecule has 0 saturated carbocycles. The molecule has 0 saturated heterocycles. The number of anilines is 2. The molecule has 0 spiro atoms. The standard InChI is InChI=1S/C19H20BrN7/c20-16-14-24-27-18(23-13-15-5-3-6-21-12-15)11-17(25-19(16)27)22-7-4-10-26-8-1-2-9-26/h1-3,5-6,8-9,11-12,14,23H,4,7,10,13H2,(H,22,25). The number of nitrogens with one attached hydrogen (secondary N) is 2. The Bertz CT molecular complexity index is 996. The van der Waals surface area contributed by atoms with Gasteiger partial charge in [-0.1, -0.05) is 6.07 Å². The summed E-state index contributed by atoms with van der Waals surface area (Å²) in [6.07, 6.45) is 10.6. The molecule has 0 atom stereocenters. The predicted octanol–water partition coefficient (Wildman–Crippen LogP) is 3.80. The summed E-state index contributed by atoms with van der Waals surface area (Å²) < 4.78 is 4.83. The van der Waals surface area contributed by atoms with E-state index in [2.05, 4.69) is 58.6 Å². The van der Waals surface area contributed by atoms with Gasteiger partial charge in [0, 0.05) is 50.5 Å². The van der Waals surface area contributed by atoms with Crippen molar-refractivity contribution in [1.82, 2.24) is 24.1 Å². The number of aromatic nitrogens is 5. The highest BCUT2D eigenvalue weighted by Crippen LogP contribution is 2.22. The van der Waals surface area contributed by atoms with Gasteiger partial charge in [0.15, 0.2) is 5.65 Å². The molecule has 4 aromatic heterocycles. The fourth-order valence-corrected chi connectivity index (χ4v) is 3.19. The van der Waals surface area contributed by atoms with E-state index in [9.17, 15) is 0 Å². The number of halogens is 1. The normalized spacial score (nSPS) is 11.0. The highest BCUT2D eigenvalue weighted by atomic mass is 79.9. The summed E-state index contributed by atoms with van der Waals surface area (Å²) in [5.74, 6) is 1.70. The fourth-order valence-electron chi connectivity index (χ4n) is 2.85. The molecular weight excluding hydrogens is 406 g/mol. The van der Waals surface area contributed by atoms with E-state index >= 15 is 0 Å². The van der Waals surface area contributed by atoms with Crippen LogP contribution in [0.4, 0.5) is 11.6 Å². The molecule has 0 aliphatic rings. The van der Waals surface area contributed by atoms with Gasteiger partial charge in [0.25, 0.3) is 0 Å². The maximum absolute atomic E-state index is 4.67. The first kappa shape index (κ1) is 17.5. The third-order valence-corrected chi connectivity index (χ3v) is 4.75. The number of hydrogen-bond acceptors (Lipinski definition) is 5. The fraction of sp³-hybridized carbons (Fsp3) is 0.211. The van der Waals surface area contributed by atoms with Crippen molar-refractivity contribution in [2.45, 2.75) is 19.5 Å². The van der Waals surface area contributed by atoms with E-state index in [0.29, 0.717) is 6.54 Å². The Morgan fingerprint density at radius 2 is 1.96 bits per heavy atom. The number of rotatable bonds is 8. The Morgan fingerprint density at radius 1 is 1.07 bits per heavy atom. The van der Waals surface area contributed by atoms with Crippen molar-refractivity contribution >= 4 is 33.2 Å². The number of nitrogens with zero attached hydrogens (tertiary/aromatic N) is 5. The number of aryl methyl sites for hydroxylation is 1. The summed E-state index contributed by atoms with van der Waals surface area (Å²) in [5, 5.41) is 11.2. The van der Waals surface area contributed by atoms with Gasteiger partial charge >= 0.3 is 0 Å². The lowest BCUT2D eigenvalue weighted by molar-refractivity contribution is 0.664. The molecule has 4 rings (SSSR count). The van der Waals surface area contributed by atoms with E-state index in [0.717, 1.165) is 46.8 Å². The summed E-state index contributed by atoms with van der Waals surface area (Å²) in [4.78, 5) is 8.82. The lowest BCUT2D eigenvalue weighted by Gasteiger charge is -2.12. The van der Waals surface area contributed by atoms with Gasteiger partial charge in [-0.2, -0.15) is 9.61 Å². The van der Waals surface area contributed by atoms with Gasteiger partial charge < -0.3 is 15.2 Å². The minimum Gasteiger partial charge on any atom is -0.370 e. The molecule has 8 heteroatoms. The van der Waals surface area contributed by atoms with Crippen molar-refractivity contribution in [1.29, 1.82) is 0 Å². The first-order valence-corrected chi connectivity index (χ1v) is 9.60. The molecule has 0 bridgehead atoms. The number of hydrogen-bond donors (Lipinski definition) is 2. The van der Waals surface area contributed by atoms with Crippen LogP contribution in [0.25, 0.3) is 5.65 Å². The van der Waals surface area contributed by atoms with E-state index in [1.165, 1.54) is 0 Å². The maximum Gasteiger partial charge on any atom is 0.173 e. The Labute approximate surface area is 165 Å². The lowest BCUT2D eigenvalue weighted by Crippen LogP contribution is -2.10. The first-order valence-electron chi connectivity index (χ1n) is 8.81.